The van der Waals surface area contributed by atoms with E-state index in [0.717, 1.165) is 30.8 Å². The van der Waals surface area contributed by atoms with Gasteiger partial charge in [-0.2, -0.15) is 0 Å². The quantitative estimate of drug-likeness (QED) is 0.852. The zero-order valence-corrected chi connectivity index (χ0v) is 12.8. The van der Waals surface area contributed by atoms with Gasteiger partial charge in [0.05, 0.1) is 29.8 Å². The molecule has 0 aromatic carbocycles. The van der Waals surface area contributed by atoms with Gasteiger partial charge in [0.2, 0.25) is 5.76 Å². The Bertz CT molecular complexity index is 641. The van der Waals surface area contributed by atoms with Crippen molar-refractivity contribution in [1.82, 2.24) is 24.8 Å². The Balaban J connectivity index is 1.82. The molecular weight excluding hydrogens is 282 g/mol. The van der Waals surface area contributed by atoms with Gasteiger partial charge in [-0.25, -0.2) is 4.98 Å². The van der Waals surface area contributed by atoms with Crippen molar-refractivity contribution in [2.24, 2.45) is 0 Å². The number of aromatic nitrogens is 3. The van der Waals surface area contributed by atoms with E-state index in [1.807, 2.05) is 19.0 Å². The van der Waals surface area contributed by atoms with E-state index in [0.29, 0.717) is 6.54 Å². The minimum atomic E-state index is -0.139. The van der Waals surface area contributed by atoms with Crippen LogP contribution in [-0.2, 0) is 6.54 Å². The number of hydrogen-bond donors (Lipinski definition) is 0. The molecule has 1 atom stereocenters. The average Bonchev–Trinajstić information content (AvgIpc) is 3.18. The summed E-state index contributed by atoms with van der Waals surface area (Å²) >= 11 is 0. The summed E-state index contributed by atoms with van der Waals surface area (Å²) in [5.74, 6) is 0.129. The first-order valence-corrected chi connectivity index (χ1v) is 7.30. The second-order valence-electron chi connectivity index (χ2n) is 5.70. The Morgan fingerprint density at radius 3 is 2.95 bits per heavy atom. The average molecular weight is 301 g/mol. The molecule has 3 heterocycles. The fourth-order valence-electron chi connectivity index (χ4n) is 2.76. The Labute approximate surface area is 129 Å². The predicted molar refractivity (Wildman–Crippen MR) is 78.9 cm³/mol. The molecular formula is C15H19N5O2. The molecule has 22 heavy (non-hydrogen) atoms. The molecule has 1 aliphatic rings. The van der Waals surface area contributed by atoms with Crippen molar-refractivity contribution >= 4 is 5.91 Å². The van der Waals surface area contributed by atoms with Crippen molar-refractivity contribution in [3.05, 3.63) is 42.1 Å². The van der Waals surface area contributed by atoms with Gasteiger partial charge in [-0.15, -0.1) is 0 Å². The van der Waals surface area contributed by atoms with Gasteiger partial charge in [-0.3, -0.25) is 14.8 Å². The number of amides is 1. The predicted octanol–water partition coefficient (Wildman–Crippen LogP) is 1.50. The fraction of sp³-hybridized carbons (Fsp3) is 0.467. The van der Waals surface area contributed by atoms with Crippen LogP contribution in [0.15, 0.2) is 29.4 Å². The molecule has 2 aromatic heterocycles. The van der Waals surface area contributed by atoms with Crippen LogP contribution in [-0.4, -0.2) is 51.3 Å². The van der Waals surface area contributed by atoms with Crippen molar-refractivity contribution in [2.45, 2.75) is 25.4 Å². The topological polar surface area (TPSA) is 75.4 Å². The molecule has 1 amide bonds. The lowest BCUT2D eigenvalue weighted by molar-refractivity contribution is 0.0700. The number of carbonyl (C=O) groups excluding carboxylic acids is 1. The molecule has 0 bridgehead atoms. The smallest absolute Gasteiger partial charge is 0.291 e. The third-order valence-corrected chi connectivity index (χ3v) is 3.68. The van der Waals surface area contributed by atoms with Crippen LogP contribution in [0.25, 0.3) is 0 Å². The SMILES string of the molecule is CN(C)Cc1cncc([C@H]2CCCN2C(=O)c2cnco2)n1. The molecule has 2 aromatic rings. The minimum absolute atomic E-state index is 0.0489. The van der Waals surface area contributed by atoms with Gasteiger partial charge < -0.3 is 14.2 Å². The first-order valence-electron chi connectivity index (χ1n) is 7.30. The van der Waals surface area contributed by atoms with Crippen LogP contribution in [0, 0.1) is 0 Å². The summed E-state index contributed by atoms with van der Waals surface area (Å²) < 4.78 is 5.12. The zero-order valence-electron chi connectivity index (χ0n) is 12.8. The Kier molecular flexibility index (Phi) is 4.15. The molecule has 1 saturated heterocycles. The van der Waals surface area contributed by atoms with Crippen molar-refractivity contribution in [3.8, 4) is 0 Å². The maximum atomic E-state index is 12.5. The third-order valence-electron chi connectivity index (χ3n) is 3.68. The number of oxazole rings is 1. The maximum Gasteiger partial charge on any atom is 0.291 e. The van der Waals surface area contributed by atoms with Crippen molar-refractivity contribution in [2.75, 3.05) is 20.6 Å². The zero-order chi connectivity index (χ0) is 15.5. The molecule has 0 spiro atoms. The van der Waals surface area contributed by atoms with Crippen LogP contribution < -0.4 is 0 Å². The third kappa shape index (κ3) is 2.99. The summed E-state index contributed by atoms with van der Waals surface area (Å²) in [6.45, 7) is 1.42. The maximum absolute atomic E-state index is 12.5. The van der Waals surface area contributed by atoms with Gasteiger partial charge in [0.25, 0.3) is 5.91 Å². The number of nitrogens with zero attached hydrogens (tertiary/aromatic N) is 5. The molecule has 0 unspecified atom stereocenters. The lowest BCUT2D eigenvalue weighted by Gasteiger charge is -2.23. The first-order chi connectivity index (χ1) is 10.6. The second kappa shape index (κ2) is 6.23. The molecule has 0 aliphatic carbocycles. The Morgan fingerprint density at radius 1 is 1.36 bits per heavy atom. The highest BCUT2D eigenvalue weighted by atomic mass is 16.3. The molecule has 0 N–H and O–H groups in total. The van der Waals surface area contributed by atoms with E-state index in [-0.39, 0.29) is 17.7 Å². The summed E-state index contributed by atoms with van der Waals surface area (Å²) in [5.41, 5.74) is 1.74. The largest absolute Gasteiger partial charge is 0.438 e. The summed E-state index contributed by atoms with van der Waals surface area (Å²) in [6.07, 6.45) is 8.07. The standard InChI is InChI=1S/C15H19N5O2/c1-19(2)9-11-6-16-7-12(18-11)13-4-3-5-20(13)15(21)14-8-17-10-22-14/h6-8,10,13H,3-5,9H2,1-2H3/t13-/m1/s1. The monoisotopic (exact) mass is 301 g/mol. The van der Waals surface area contributed by atoms with Crippen molar-refractivity contribution in [1.29, 1.82) is 0 Å². The van der Waals surface area contributed by atoms with E-state index < -0.39 is 0 Å². The second-order valence-corrected chi connectivity index (χ2v) is 5.70. The number of likely N-dealkylation sites (tertiary alicyclic amines) is 1. The van der Waals surface area contributed by atoms with E-state index in [9.17, 15) is 4.79 Å². The minimum Gasteiger partial charge on any atom is -0.438 e. The lowest BCUT2D eigenvalue weighted by atomic mass is 10.1. The lowest BCUT2D eigenvalue weighted by Crippen LogP contribution is -2.31. The van der Waals surface area contributed by atoms with E-state index in [4.69, 9.17) is 4.42 Å². The number of hydrogen-bond acceptors (Lipinski definition) is 6. The molecule has 7 heteroatoms. The summed E-state index contributed by atoms with van der Waals surface area (Å²) in [4.78, 5) is 29.1. The summed E-state index contributed by atoms with van der Waals surface area (Å²) in [7, 11) is 3.98. The van der Waals surface area contributed by atoms with E-state index in [1.165, 1.54) is 12.6 Å². The first kappa shape index (κ1) is 14.6. The van der Waals surface area contributed by atoms with Gasteiger partial charge in [0.15, 0.2) is 6.39 Å². The molecule has 1 aliphatic heterocycles. The normalized spacial score (nSPS) is 18.1. The Hall–Kier alpha value is -2.28. The van der Waals surface area contributed by atoms with Gasteiger partial charge in [-0.05, 0) is 26.9 Å². The summed E-state index contributed by atoms with van der Waals surface area (Å²) in [5, 5.41) is 0. The van der Waals surface area contributed by atoms with Gasteiger partial charge in [0.1, 0.15) is 0 Å². The molecule has 3 rings (SSSR count). The number of rotatable bonds is 4. The van der Waals surface area contributed by atoms with Crippen molar-refractivity contribution < 1.29 is 9.21 Å². The van der Waals surface area contributed by atoms with Crippen LogP contribution in [0.5, 0.6) is 0 Å². The van der Waals surface area contributed by atoms with Crippen LogP contribution >= 0.6 is 0 Å². The van der Waals surface area contributed by atoms with Crippen molar-refractivity contribution in [3.63, 3.8) is 0 Å². The fourth-order valence-corrected chi connectivity index (χ4v) is 2.76. The summed E-state index contributed by atoms with van der Waals surface area (Å²) in [6, 6.07) is -0.0489. The molecule has 116 valence electrons. The van der Waals surface area contributed by atoms with Crippen LogP contribution in [0.4, 0.5) is 0 Å². The van der Waals surface area contributed by atoms with E-state index >= 15 is 0 Å². The van der Waals surface area contributed by atoms with Gasteiger partial charge in [0, 0.05) is 19.3 Å². The molecule has 0 saturated carbocycles. The molecule has 7 nitrogen and oxygen atoms in total. The van der Waals surface area contributed by atoms with Gasteiger partial charge >= 0.3 is 0 Å². The van der Waals surface area contributed by atoms with E-state index in [1.54, 1.807) is 17.3 Å². The highest BCUT2D eigenvalue weighted by Gasteiger charge is 2.33. The van der Waals surface area contributed by atoms with Crippen LogP contribution in [0.2, 0.25) is 0 Å². The number of carbonyl (C=O) groups is 1. The highest BCUT2D eigenvalue weighted by molar-refractivity contribution is 5.91. The molecule has 0 radical (unpaired) electrons. The van der Waals surface area contributed by atoms with Crippen LogP contribution in [0.3, 0.4) is 0 Å². The Morgan fingerprint density at radius 2 is 2.23 bits per heavy atom. The van der Waals surface area contributed by atoms with E-state index in [2.05, 4.69) is 15.0 Å². The molecule has 1 fully saturated rings. The van der Waals surface area contributed by atoms with Crippen LogP contribution in [0.1, 0.15) is 40.8 Å². The van der Waals surface area contributed by atoms with Gasteiger partial charge in [-0.1, -0.05) is 0 Å². The highest BCUT2D eigenvalue weighted by Crippen LogP contribution is 2.31.